The highest BCUT2D eigenvalue weighted by Gasteiger charge is 2.30. The number of thiophene rings is 1. The molecule has 3 rings (SSSR count). The van der Waals surface area contributed by atoms with Gasteiger partial charge in [-0.15, -0.1) is 11.3 Å². The molecule has 2 heterocycles. The van der Waals surface area contributed by atoms with Gasteiger partial charge < -0.3 is 0 Å². The van der Waals surface area contributed by atoms with Gasteiger partial charge in [0.15, 0.2) is 5.78 Å². The second-order valence-corrected chi connectivity index (χ2v) is 9.86. The van der Waals surface area contributed by atoms with Gasteiger partial charge in [0.2, 0.25) is 0 Å². The number of carbonyl (C=O) groups is 1. The molecule has 0 bridgehead atoms. The predicted octanol–water partition coefficient (Wildman–Crippen LogP) is 2.90. The summed E-state index contributed by atoms with van der Waals surface area (Å²) < 4.78 is 27.1. The maximum Gasteiger partial charge on any atom is 0.252 e. The molecule has 0 aliphatic carbocycles. The van der Waals surface area contributed by atoms with Gasteiger partial charge in [-0.3, -0.25) is 9.69 Å². The van der Waals surface area contributed by atoms with Gasteiger partial charge in [0.1, 0.15) is 4.21 Å². The topological polar surface area (TPSA) is 57.7 Å². The average Bonchev–Trinajstić information content (AvgIpc) is 3.03. The standard InChI is InChI=1S/C17H19ClN2O3S2/c1-13-2-7-17(24-13)25(22,23)20-10-8-19(9-11-20)12-16(21)14-3-5-15(18)6-4-14/h2-7H,8-12H2,1H3. The number of halogens is 1. The Hall–Kier alpha value is -1.25. The van der Waals surface area contributed by atoms with Gasteiger partial charge in [0.05, 0.1) is 6.54 Å². The Bertz CT molecular complexity index is 854. The Labute approximate surface area is 156 Å². The first-order valence-electron chi connectivity index (χ1n) is 7.94. The van der Waals surface area contributed by atoms with Crippen LogP contribution in [-0.4, -0.2) is 56.1 Å². The van der Waals surface area contributed by atoms with Gasteiger partial charge in [-0.1, -0.05) is 11.6 Å². The fourth-order valence-electron chi connectivity index (χ4n) is 2.74. The number of benzene rings is 1. The Morgan fingerprint density at radius 1 is 1.08 bits per heavy atom. The number of Topliss-reactive ketones (excluding diaryl/α,β-unsaturated/α-hetero) is 1. The molecule has 1 fully saturated rings. The summed E-state index contributed by atoms with van der Waals surface area (Å²) in [7, 11) is -3.42. The van der Waals surface area contributed by atoms with Crippen molar-refractivity contribution in [2.45, 2.75) is 11.1 Å². The summed E-state index contributed by atoms with van der Waals surface area (Å²) in [5, 5.41) is 0.596. The fourth-order valence-corrected chi connectivity index (χ4v) is 5.72. The number of hydrogen-bond acceptors (Lipinski definition) is 5. The minimum atomic E-state index is -3.42. The normalized spacial score (nSPS) is 16.9. The number of piperazine rings is 1. The van der Waals surface area contributed by atoms with E-state index >= 15 is 0 Å². The summed E-state index contributed by atoms with van der Waals surface area (Å²) in [5.74, 6) is 0.0156. The van der Waals surface area contributed by atoms with E-state index in [-0.39, 0.29) is 12.3 Å². The van der Waals surface area contributed by atoms with Crippen LogP contribution in [0.15, 0.2) is 40.6 Å². The predicted molar refractivity (Wildman–Crippen MR) is 100 cm³/mol. The van der Waals surface area contributed by atoms with Crippen LogP contribution < -0.4 is 0 Å². The molecule has 0 atom stereocenters. The van der Waals surface area contributed by atoms with E-state index in [2.05, 4.69) is 0 Å². The van der Waals surface area contributed by atoms with Crippen LogP contribution >= 0.6 is 22.9 Å². The van der Waals surface area contributed by atoms with E-state index in [4.69, 9.17) is 11.6 Å². The minimum absolute atomic E-state index is 0.0156. The molecule has 0 spiro atoms. The van der Waals surface area contributed by atoms with Crippen LogP contribution in [0.5, 0.6) is 0 Å². The first kappa shape index (κ1) is 18.5. The number of ketones is 1. The smallest absolute Gasteiger partial charge is 0.252 e. The van der Waals surface area contributed by atoms with Crippen LogP contribution in [-0.2, 0) is 10.0 Å². The summed E-state index contributed by atoms with van der Waals surface area (Å²) >= 11 is 7.13. The molecule has 0 unspecified atom stereocenters. The van der Waals surface area contributed by atoms with E-state index in [1.54, 1.807) is 30.3 Å². The van der Waals surface area contributed by atoms with Crippen molar-refractivity contribution >= 4 is 38.7 Å². The van der Waals surface area contributed by atoms with Crippen molar-refractivity contribution in [3.05, 3.63) is 51.9 Å². The van der Waals surface area contributed by atoms with Crippen molar-refractivity contribution in [3.63, 3.8) is 0 Å². The number of sulfonamides is 1. The Morgan fingerprint density at radius 3 is 2.28 bits per heavy atom. The maximum absolute atomic E-state index is 12.6. The molecule has 0 radical (unpaired) electrons. The average molecular weight is 399 g/mol. The van der Waals surface area contributed by atoms with Gasteiger partial charge in [-0.2, -0.15) is 4.31 Å². The molecule has 1 saturated heterocycles. The lowest BCUT2D eigenvalue weighted by Crippen LogP contribution is -2.49. The molecule has 134 valence electrons. The first-order valence-corrected chi connectivity index (χ1v) is 10.6. The zero-order valence-corrected chi connectivity index (χ0v) is 16.2. The number of rotatable bonds is 5. The van der Waals surface area contributed by atoms with Crippen molar-refractivity contribution in [3.8, 4) is 0 Å². The quantitative estimate of drug-likeness (QED) is 0.726. The summed E-state index contributed by atoms with van der Waals surface area (Å²) in [6, 6.07) is 10.3. The van der Waals surface area contributed by atoms with Crippen molar-refractivity contribution < 1.29 is 13.2 Å². The molecule has 0 N–H and O–H groups in total. The molecular formula is C17H19ClN2O3S2. The Kier molecular flexibility index (Phi) is 5.60. The van der Waals surface area contributed by atoms with Gasteiger partial charge in [-0.25, -0.2) is 8.42 Å². The van der Waals surface area contributed by atoms with Crippen molar-refractivity contribution in [2.75, 3.05) is 32.7 Å². The lowest BCUT2D eigenvalue weighted by Gasteiger charge is -2.33. The van der Waals surface area contributed by atoms with Crippen LogP contribution in [0.3, 0.4) is 0 Å². The highest BCUT2D eigenvalue weighted by atomic mass is 35.5. The van der Waals surface area contributed by atoms with Gasteiger partial charge in [-0.05, 0) is 43.3 Å². The molecule has 2 aromatic rings. The lowest BCUT2D eigenvalue weighted by molar-refractivity contribution is 0.0902. The highest BCUT2D eigenvalue weighted by molar-refractivity contribution is 7.91. The third-order valence-corrected chi connectivity index (χ3v) is 7.79. The molecule has 8 heteroatoms. The van der Waals surface area contributed by atoms with E-state index < -0.39 is 10.0 Å². The van der Waals surface area contributed by atoms with Crippen LogP contribution in [0.25, 0.3) is 0 Å². The second kappa shape index (κ2) is 7.55. The maximum atomic E-state index is 12.6. The molecule has 25 heavy (non-hydrogen) atoms. The molecule has 5 nitrogen and oxygen atoms in total. The molecule has 1 aliphatic rings. The first-order chi connectivity index (χ1) is 11.9. The van der Waals surface area contributed by atoms with Crippen LogP contribution in [0.4, 0.5) is 0 Å². The third kappa shape index (κ3) is 4.30. The van der Waals surface area contributed by atoms with E-state index in [0.29, 0.717) is 41.0 Å². The Morgan fingerprint density at radius 2 is 1.72 bits per heavy atom. The number of nitrogens with zero attached hydrogens (tertiary/aromatic N) is 2. The van der Waals surface area contributed by atoms with Crippen LogP contribution in [0.2, 0.25) is 5.02 Å². The fraction of sp³-hybridized carbons (Fsp3) is 0.353. The summed E-state index contributed by atoms with van der Waals surface area (Å²) in [5.41, 5.74) is 0.619. The molecule has 1 aromatic heterocycles. The van der Waals surface area contributed by atoms with E-state index in [9.17, 15) is 13.2 Å². The van der Waals surface area contributed by atoms with Crippen molar-refractivity contribution in [2.24, 2.45) is 0 Å². The Balaban J connectivity index is 1.58. The van der Waals surface area contributed by atoms with Crippen LogP contribution in [0, 0.1) is 6.92 Å². The molecule has 1 aliphatic heterocycles. The minimum Gasteiger partial charge on any atom is -0.293 e. The van der Waals surface area contributed by atoms with Gasteiger partial charge >= 0.3 is 0 Å². The van der Waals surface area contributed by atoms with Crippen molar-refractivity contribution in [1.82, 2.24) is 9.21 Å². The van der Waals surface area contributed by atoms with E-state index in [0.717, 1.165) is 4.88 Å². The number of carbonyl (C=O) groups excluding carboxylic acids is 1. The monoisotopic (exact) mass is 398 g/mol. The third-order valence-electron chi connectivity index (χ3n) is 4.17. The molecule has 1 aromatic carbocycles. The number of aryl methyl sites for hydroxylation is 1. The largest absolute Gasteiger partial charge is 0.293 e. The summed E-state index contributed by atoms with van der Waals surface area (Å²) in [6.07, 6.45) is 0. The van der Waals surface area contributed by atoms with Crippen LogP contribution in [0.1, 0.15) is 15.2 Å². The molecule has 0 amide bonds. The SMILES string of the molecule is Cc1ccc(S(=O)(=O)N2CCN(CC(=O)c3ccc(Cl)cc3)CC2)s1. The molecule has 0 saturated carbocycles. The molecular weight excluding hydrogens is 380 g/mol. The number of hydrogen-bond donors (Lipinski definition) is 0. The zero-order chi connectivity index (χ0) is 18.0. The summed E-state index contributed by atoms with van der Waals surface area (Å²) in [4.78, 5) is 15.3. The van der Waals surface area contributed by atoms with E-state index in [1.807, 2.05) is 17.9 Å². The summed E-state index contributed by atoms with van der Waals surface area (Å²) in [6.45, 7) is 4.06. The lowest BCUT2D eigenvalue weighted by atomic mass is 10.1. The van der Waals surface area contributed by atoms with Gasteiger partial charge in [0.25, 0.3) is 10.0 Å². The van der Waals surface area contributed by atoms with Gasteiger partial charge in [0, 0.05) is 41.6 Å². The second-order valence-electron chi connectivity index (χ2n) is 5.98. The zero-order valence-electron chi connectivity index (χ0n) is 13.8. The van der Waals surface area contributed by atoms with Crippen molar-refractivity contribution in [1.29, 1.82) is 0 Å². The highest BCUT2D eigenvalue weighted by Crippen LogP contribution is 2.25. The van der Waals surface area contributed by atoms with E-state index in [1.165, 1.54) is 15.6 Å².